The van der Waals surface area contributed by atoms with E-state index in [9.17, 15) is 0 Å². The van der Waals surface area contributed by atoms with Gasteiger partial charge in [-0.2, -0.15) is 0 Å². The van der Waals surface area contributed by atoms with Crippen molar-refractivity contribution in [3.8, 4) is 17.1 Å². The minimum Gasteiger partial charge on any atom is -0.495 e. The van der Waals surface area contributed by atoms with Crippen molar-refractivity contribution in [1.29, 1.82) is 0 Å². The summed E-state index contributed by atoms with van der Waals surface area (Å²) in [6.45, 7) is 0. The molecule has 0 aliphatic carbocycles. The molecule has 2 atom stereocenters. The van der Waals surface area contributed by atoms with Gasteiger partial charge in [0.1, 0.15) is 23.3 Å². The lowest BCUT2D eigenvalue weighted by molar-refractivity contribution is 0.415. The first-order valence-corrected chi connectivity index (χ1v) is 11.9. The van der Waals surface area contributed by atoms with Crippen LogP contribution in [0.2, 0.25) is 15.1 Å². The quantitative estimate of drug-likeness (QED) is 0.270. The lowest BCUT2D eigenvalue weighted by Gasteiger charge is -2.26. The summed E-state index contributed by atoms with van der Waals surface area (Å²) in [5, 5.41) is 5.37. The number of hydrogen-bond acceptors (Lipinski definition) is 4. The smallest absolute Gasteiger partial charge is 0.174 e. The van der Waals surface area contributed by atoms with Crippen LogP contribution in [0.5, 0.6) is 5.75 Å². The van der Waals surface area contributed by atoms with Gasteiger partial charge in [-0.1, -0.05) is 40.9 Å². The Kier molecular flexibility index (Phi) is 6.40. The molecule has 0 amide bonds. The van der Waals surface area contributed by atoms with Crippen LogP contribution in [-0.4, -0.2) is 17.2 Å². The maximum absolute atomic E-state index is 6.44. The van der Waals surface area contributed by atoms with E-state index in [1.54, 1.807) is 25.4 Å². The Morgan fingerprint density at radius 3 is 2.53 bits per heavy atom. The highest BCUT2D eigenvalue weighted by Crippen LogP contribution is 2.44. The topological polar surface area (TPSA) is 50.5 Å². The van der Waals surface area contributed by atoms with Crippen LogP contribution < -0.4 is 15.0 Å². The number of anilines is 1. The number of nitrogens with zero attached hydrogens (tertiary/aromatic N) is 2. The molecular formula is C25H18Cl3N3O2S. The molecule has 3 heterocycles. The van der Waals surface area contributed by atoms with Gasteiger partial charge in [0.2, 0.25) is 0 Å². The number of thiocarbonyl (C=S) groups is 1. The molecular weight excluding hydrogens is 513 g/mol. The molecule has 5 nitrogen and oxygen atoms in total. The van der Waals surface area contributed by atoms with Gasteiger partial charge in [-0.3, -0.25) is 4.98 Å². The summed E-state index contributed by atoms with van der Waals surface area (Å²) in [5.74, 6) is 1.95. The van der Waals surface area contributed by atoms with Crippen LogP contribution in [0.25, 0.3) is 11.3 Å². The van der Waals surface area contributed by atoms with Crippen LogP contribution in [0.1, 0.15) is 23.5 Å². The van der Waals surface area contributed by atoms with E-state index in [1.807, 2.05) is 59.5 Å². The van der Waals surface area contributed by atoms with Crippen LogP contribution in [-0.2, 0) is 0 Å². The van der Waals surface area contributed by atoms with E-state index in [0.29, 0.717) is 37.5 Å². The fraction of sp³-hybridized carbons (Fsp3) is 0.120. The summed E-state index contributed by atoms with van der Waals surface area (Å²) in [6, 6.07) is 20.0. The lowest BCUT2D eigenvalue weighted by atomic mass is 10.0. The number of benzene rings is 2. The molecule has 0 spiro atoms. The summed E-state index contributed by atoms with van der Waals surface area (Å²) in [7, 11) is 1.58. The molecule has 2 aromatic heterocycles. The Hall–Kier alpha value is -2.77. The molecule has 5 rings (SSSR count). The van der Waals surface area contributed by atoms with Gasteiger partial charge in [-0.25, -0.2) is 0 Å². The Morgan fingerprint density at radius 2 is 1.82 bits per heavy atom. The van der Waals surface area contributed by atoms with Gasteiger partial charge in [0.05, 0.1) is 33.9 Å². The third-order valence-corrected chi connectivity index (χ3v) is 6.98. The van der Waals surface area contributed by atoms with Crippen molar-refractivity contribution >= 4 is 57.8 Å². The molecule has 9 heteroatoms. The Balaban J connectivity index is 1.60. The van der Waals surface area contributed by atoms with Gasteiger partial charge >= 0.3 is 0 Å². The Labute approximate surface area is 217 Å². The molecule has 2 aromatic carbocycles. The number of aromatic nitrogens is 1. The zero-order valence-corrected chi connectivity index (χ0v) is 20.9. The second kappa shape index (κ2) is 9.47. The minimum atomic E-state index is -0.316. The molecule has 1 aliphatic rings. The highest BCUT2D eigenvalue weighted by molar-refractivity contribution is 7.80. The number of nitrogens with one attached hydrogen (secondary N) is 1. The van der Waals surface area contributed by atoms with E-state index >= 15 is 0 Å². The first kappa shape index (κ1) is 23.0. The standard InChI is InChI=1S/C25H18Cl3N3O2S/c1-32-21-8-6-15(13-18(21)28)31-24(23(30-25(31)34)19-4-2-3-11-29-19)22-10-9-20(33-22)14-5-7-16(26)17(27)12-14/h2-13,23-24H,1H3,(H,30,34). The van der Waals surface area contributed by atoms with Gasteiger partial charge in [0, 0.05) is 17.4 Å². The van der Waals surface area contributed by atoms with Crippen molar-refractivity contribution in [1.82, 2.24) is 10.3 Å². The lowest BCUT2D eigenvalue weighted by Crippen LogP contribution is -2.29. The summed E-state index contributed by atoms with van der Waals surface area (Å²) in [6.07, 6.45) is 1.76. The van der Waals surface area contributed by atoms with Crippen molar-refractivity contribution < 1.29 is 9.15 Å². The van der Waals surface area contributed by atoms with Gasteiger partial charge in [-0.15, -0.1) is 0 Å². The molecule has 1 fully saturated rings. The van der Waals surface area contributed by atoms with Crippen molar-refractivity contribution in [2.24, 2.45) is 0 Å². The number of halogens is 3. The summed E-state index contributed by atoms with van der Waals surface area (Å²) < 4.78 is 11.7. The Morgan fingerprint density at radius 1 is 0.971 bits per heavy atom. The molecule has 172 valence electrons. The molecule has 0 radical (unpaired) electrons. The van der Waals surface area contributed by atoms with Gasteiger partial charge in [-0.05, 0) is 72.9 Å². The van der Waals surface area contributed by atoms with Crippen LogP contribution >= 0.6 is 47.0 Å². The number of hydrogen-bond donors (Lipinski definition) is 1. The monoisotopic (exact) mass is 529 g/mol. The molecule has 2 unspecified atom stereocenters. The highest BCUT2D eigenvalue weighted by Gasteiger charge is 2.42. The van der Waals surface area contributed by atoms with Crippen molar-refractivity contribution in [2.45, 2.75) is 12.1 Å². The van der Waals surface area contributed by atoms with Crippen molar-refractivity contribution in [3.63, 3.8) is 0 Å². The maximum Gasteiger partial charge on any atom is 0.174 e. The molecule has 0 bridgehead atoms. The average Bonchev–Trinajstić information content (AvgIpc) is 3.46. The number of pyridine rings is 1. The third-order valence-electron chi connectivity index (χ3n) is 5.63. The largest absolute Gasteiger partial charge is 0.495 e. The molecule has 34 heavy (non-hydrogen) atoms. The highest BCUT2D eigenvalue weighted by atomic mass is 35.5. The van der Waals surface area contributed by atoms with Crippen LogP contribution in [0, 0.1) is 0 Å². The molecule has 4 aromatic rings. The summed E-state index contributed by atoms with van der Waals surface area (Å²) >= 11 is 24.5. The normalized spacial score (nSPS) is 17.6. The Bertz CT molecular complexity index is 1360. The van der Waals surface area contributed by atoms with E-state index in [-0.39, 0.29) is 12.1 Å². The molecule has 1 N–H and O–H groups in total. The first-order chi connectivity index (χ1) is 16.5. The van der Waals surface area contributed by atoms with Crippen LogP contribution in [0.3, 0.4) is 0 Å². The summed E-state index contributed by atoms with van der Waals surface area (Å²) in [4.78, 5) is 6.55. The second-order valence-electron chi connectivity index (χ2n) is 7.65. The van der Waals surface area contributed by atoms with E-state index in [4.69, 9.17) is 56.2 Å². The zero-order chi connectivity index (χ0) is 23.8. The van der Waals surface area contributed by atoms with Gasteiger partial charge in [0.15, 0.2) is 5.11 Å². The molecule has 0 saturated carbocycles. The van der Waals surface area contributed by atoms with E-state index < -0.39 is 0 Å². The van der Waals surface area contributed by atoms with Crippen LogP contribution in [0.4, 0.5) is 5.69 Å². The van der Waals surface area contributed by atoms with E-state index in [0.717, 1.165) is 16.9 Å². The number of methoxy groups -OCH3 is 1. The van der Waals surface area contributed by atoms with E-state index in [2.05, 4.69) is 10.3 Å². The van der Waals surface area contributed by atoms with Gasteiger partial charge in [0.25, 0.3) is 0 Å². The molecule has 1 saturated heterocycles. The van der Waals surface area contributed by atoms with Crippen molar-refractivity contribution in [3.05, 3.63) is 99.4 Å². The second-order valence-corrected chi connectivity index (χ2v) is 9.25. The minimum absolute atomic E-state index is 0.248. The average molecular weight is 531 g/mol. The summed E-state index contributed by atoms with van der Waals surface area (Å²) in [5.41, 5.74) is 2.46. The fourth-order valence-electron chi connectivity index (χ4n) is 4.04. The molecule has 1 aliphatic heterocycles. The zero-order valence-electron chi connectivity index (χ0n) is 17.8. The third kappa shape index (κ3) is 4.23. The number of ether oxygens (including phenoxy) is 1. The maximum atomic E-state index is 6.44. The number of furan rings is 1. The van der Waals surface area contributed by atoms with Gasteiger partial charge < -0.3 is 19.4 Å². The fourth-order valence-corrected chi connectivity index (χ4v) is 4.94. The number of rotatable bonds is 5. The van der Waals surface area contributed by atoms with E-state index in [1.165, 1.54) is 0 Å². The predicted octanol–water partition coefficient (Wildman–Crippen LogP) is 7.49. The van der Waals surface area contributed by atoms with Crippen LogP contribution in [0.15, 0.2) is 77.3 Å². The predicted molar refractivity (Wildman–Crippen MR) is 140 cm³/mol. The SMILES string of the molecule is COc1ccc(N2C(=S)NC(c3ccccn3)C2c2ccc(-c3ccc(Cl)c(Cl)c3)o2)cc1Cl. The first-order valence-electron chi connectivity index (χ1n) is 10.4. The van der Waals surface area contributed by atoms with Crippen molar-refractivity contribution in [2.75, 3.05) is 12.0 Å².